The standard InChI is InChI=1S/C15H27NO3/c1-11-9-16(10-15(2,3)19-11)13-8-6-4-5-7-12(13)14(17)18/h11-13H,4-10H2,1-3H3,(H,17,18). The minimum Gasteiger partial charge on any atom is -0.481 e. The van der Waals surface area contributed by atoms with E-state index in [2.05, 4.69) is 25.7 Å². The molecule has 3 unspecified atom stereocenters. The summed E-state index contributed by atoms with van der Waals surface area (Å²) in [5.74, 6) is -0.826. The number of hydrogen-bond acceptors (Lipinski definition) is 3. The Balaban J connectivity index is 2.14. The average molecular weight is 269 g/mol. The molecule has 0 aromatic heterocycles. The molecular formula is C15H27NO3. The highest BCUT2D eigenvalue weighted by molar-refractivity contribution is 5.71. The summed E-state index contributed by atoms with van der Waals surface area (Å²) in [7, 11) is 0. The number of hydrogen-bond donors (Lipinski definition) is 1. The van der Waals surface area contributed by atoms with Gasteiger partial charge < -0.3 is 9.84 Å². The summed E-state index contributed by atoms with van der Waals surface area (Å²) < 4.78 is 5.93. The first-order valence-corrected chi connectivity index (χ1v) is 7.54. The van der Waals surface area contributed by atoms with Crippen LogP contribution in [-0.2, 0) is 9.53 Å². The van der Waals surface area contributed by atoms with Crippen LogP contribution < -0.4 is 0 Å². The van der Waals surface area contributed by atoms with Crippen LogP contribution in [0.1, 0.15) is 52.9 Å². The van der Waals surface area contributed by atoms with E-state index in [0.717, 1.165) is 38.8 Å². The first-order chi connectivity index (χ1) is 8.89. The molecule has 1 aliphatic heterocycles. The highest BCUT2D eigenvalue weighted by atomic mass is 16.5. The summed E-state index contributed by atoms with van der Waals surface area (Å²) in [5.41, 5.74) is -0.174. The van der Waals surface area contributed by atoms with Crippen molar-refractivity contribution >= 4 is 5.97 Å². The minimum atomic E-state index is -0.621. The first-order valence-electron chi connectivity index (χ1n) is 7.54. The van der Waals surface area contributed by atoms with Crippen molar-refractivity contribution in [3.63, 3.8) is 0 Å². The van der Waals surface area contributed by atoms with Crippen LogP contribution in [0.25, 0.3) is 0 Å². The van der Waals surface area contributed by atoms with Gasteiger partial charge in [-0.2, -0.15) is 0 Å². The zero-order valence-electron chi connectivity index (χ0n) is 12.4. The lowest BCUT2D eigenvalue weighted by molar-refractivity contribution is -0.157. The number of nitrogens with zero attached hydrogens (tertiary/aromatic N) is 1. The summed E-state index contributed by atoms with van der Waals surface area (Å²) in [5, 5.41) is 9.50. The highest BCUT2D eigenvalue weighted by Gasteiger charge is 2.39. The van der Waals surface area contributed by atoms with Gasteiger partial charge in [-0.3, -0.25) is 9.69 Å². The molecule has 1 saturated heterocycles. The van der Waals surface area contributed by atoms with Crippen LogP contribution in [0.15, 0.2) is 0 Å². The third kappa shape index (κ3) is 3.69. The molecule has 0 amide bonds. The second-order valence-corrected chi connectivity index (χ2v) is 6.77. The van der Waals surface area contributed by atoms with Crippen LogP contribution in [0.5, 0.6) is 0 Å². The van der Waals surface area contributed by atoms with Gasteiger partial charge in [0.2, 0.25) is 0 Å². The lowest BCUT2D eigenvalue weighted by Crippen LogP contribution is -2.57. The molecule has 0 aromatic carbocycles. The van der Waals surface area contributed by atoms with Crippen molar-refractivity contribution in [1.29, 1.82) is 0 Å². The quantitative estimate of drug-likeness (QED) is 0.783. The molecule has 4 heteroatoms. The Morgan fingerprint density at radius 3 is 2.58 bits per heavy atom. The fourth-order valence-electron chi connectivity index (χ4n) is 3.77. The number of rotatable bonds is 2. The van der Waals surface area contributed by atoms with E-state index in [1.165, 1.54) is 6.42 Å². The largest absolute Gasteiger partial charge is 0.481 e. The molecule has 0 bridgehead atoms. The average Bonchev–Trinajstić information content (AvgIpc) is 2.50. The molecule has 1 aliphatic carbocycles. The van der Waals surface area contributed by atoms with E-state index in [9.17, 15) is 9.90 Å². The smallest absolute Gasteiger partial charge is 0.308 e. The van der Waals surface area contributed by atoms with Crippen LogP contribution >= 0.6 is 0 Å². The normalized spacial score (nSPS) is 36.7. The Bertz CT molecular complexity index is 329. The Hall–Kier alpha value is -0.610. The van der Waals surface area contributed by atoms with Crippen molar-refractivity contribution in [2.24, 2.45) is 5.92 Å². The molecule has 2 rings (SSSR count). The molecule has 110 valence electrons. The summed E-state index contributed by atoms with van der Waals surface area (Å²) in [4.78, 5) is 13.9. The van der Waals surface area contributed by atoms with Crippen molar-refractivity contribution in [3.05, 3.63) is 0 Å². The number of morpholine rings is 1. The predicted molar refractivity (Wildman–Crippen MR) is 74.2 cm³/mol. The van der Waals surface area contributed by atoms with E-state index in [1.54, 1.807) is 0 Å². The SMILES string of the molecule is CC1CN(C2CCCCCC2C(=O)O)CC(C)(C)O1. The number of carbonyl (C=O) groups is 1. The summed E-state index contributed by atoms with van der Waals surface area (Å²) in [6.07, 6.45) is 5.40. The summed E-state index contributed by atoms with van der Waals surface area (Å²) in [6.45, 7) is 7.98. The van der Waals surface area contributed by atoms with Gasteiger partial charge in [-0.1, -0.05) is 19.3 Å². The number of aliphatic carboxylic acids is 1. The molecule has 2 fully saturated rings. The topological polar surface area (TPSA) is 49.8 Å². The van der Waals surface area contributed by atoms with E-state index >= 15 is 0 Å². The molecule has 2 aliphatic rings. The van der Waals surface area contributed by atoms with Crippen LogP contribution in [-0.4, -0.2) is 46.8 Å². The van der Waals surface area contributed by atoms with E-state index in [0.29, 0.717) is 0 Å². The zero-order valence-corrected chi connectivity index (χ0v) is 12.4. The second kappa shape index (κ2) is 5.80. The van der Waals surface area contributed by atoms with E-state index in [4.69, 9.17) is 4.74 Å². The molecule has 3 atom stereocenters. The highest BCUT2D eigenvalue weighted by Crippen LogP contribution is 2.31. The number of carboxylic acid groups (broad SMARTS) is 1. The molecule has 4 nitrogen and oxygen atoms in total. The molecular weight excluding hydrogens is 242 g/mol. The number of carboxylic acids is 1. The van der Waals surface area contributed by atoms with Crippen molar-refractivity contribution in [2.45, 2.75) is 70.6 Å². The zero-order chi connectivity index (χ0) is 14.0. The maximum Gasteiger partial charge on any atom is 0.308 e. The molecule has 1 saturated carbocycles. The fraction of sp³-hybridized carbons (Fsp3) is 0.933. The van der Waals surface area contributed by atoms with Gasteiger partial charge in [0.05, 0.1) is 17.6 Å². The van der Waals surface area contributed by atoms with Crippen molar-refractivity contribution < 1.29 is 14.6 Å². The Morgan fingerprint density at radius 2 is 1.95 bits per heavy atom. The molecule has 0 spiro atoms. The van der Waals surface area contributed by atoms with E-state index in [1.807, 2.05) is 0 Å². The van der Waals surface area contributed by atoms with Gasteiger partial charge in [-0.25, -0.2) is 0 Å². The third-order valence-electron chi connectivity index (χ3n) is 4.36. The first kappa shape index (κ1) is 14.8. The second-order valence-electron chi connectivity index (χ2n) is 6.77. The van der Waals surface area contributed by atoms with Gasteiger partial charge >= 0.3 is 5.97 Å². The van der Waals surface area contributed by atoms with Crippen molar-refractivity contribution in [1.82, 2.24) is 4.90 Å². The maximum atomic E-state index is 11.5. The third-order valence-corrected chi connectivity index (χ3v) is 4.36. The van der Waals surface area contributed by atoms with Gasteiger partial charge in [-0.05, 0) is 33.6 Å². The Labute approximate surface area is 116 Å². The van der Waals surface area contributed by atoms with Gasteiger partial charge in [-0.15, -0.1) is 0 Å². The van der Waals surface area contributed by atoms with Crippen LogP contribution in [0.4, 0.5) is 0 Å². The lowest BCUT2D eigenvalue weighted by Gasteiger charge is -2.46. The maximum absolute atomic E-state index is 11.5. The molecule has 1 heterocycles. The van der Waals surface area contributed by atoms with Crippen LogP contribution in [0.3, 0.4) is 0 Å². The lowest BCUT2D eigenvalue weighted by atomic mass is 9.91. The van der Waals surface area contributed by atoms with Gasteiger partial charge in [0, 0.05) is 19.1 Å². The molecule has 1 N–H and O–H groups in total. The predicted octanol–water partition coefficient (Wildman–Crippen LogP) is 2.52. The van der Waals surface area contributed by atoms with Gasteiger partial charge in [0.1, 0.15) is 0 Å². The summed E-state index contributed by atoms with van der Waals surface area (Å²) >= 11 is 0. The molecule has 0 aromatic rings. The Kier molecular flexibility index (Phi) is 4.51. The van der Waals surface area contributed by atoms with E-state index in [-0.39, 0.29) is 23.7 Å². The monoisotopic (exact) mass is 269 g/mol. The van der Waals surface area contributed by atoms with Crippen LogP contribution in [0, 0.1) is 5.92 Å². The number of ether oxygens (including phenoxy) is 1. The fourth-order valence-corrected chi connectivity index (χ4v) is 3.77. The molecule has 19 heavy (non-hydrogen) atoms. The van der Waals surface area contributed by atoms with Crippen LogP contribution in [0.2, 0.25) is 0 Å². The minimum absolute atomic E-state index is 0.174. The van der Waals surface area contributed by atoms with Crippen molar-refractivity contribution in [2.75, 3.05) is 13.1 Å². The Morgan fingerprint density at radius 1 is 1.26 bits per heavy atom. The summed E-state index contributed by atoms with van der Waals surface area (Å²) in [6, 6.07) is 0.186. The molecule has 0 radical (unpaired) electrons. The van der Waals surface area contributed by atoms with Crippen molar-refractivity contribution in [3.8, 4) is 0 Å². The van der Waals surface area contributed by atoms with Gasteiger partial charge in [0.15, 0.2) is 0 Å². The van der Waals surface area contributed by atoms with E-state index < -0.39 is 5.97 Å². The van der Waals surface area contributed by atoms with Gasteiger partial charge in [0.25, 0.3) is 0 Å².